The molecule has 0 saturated carbocycles. The molecule has 0 aliphatic carbocycles. The van der Waals surface area contributed by atoms with Crippen LogP contribution in [0.4, 0.5) is 14.5 Å². The Morgan fingerprint density at radius 3 is 2.95 bits per heavy atom. The van der Waals surface area contributed by atoms with Gasteiger partial charge in [0, 0.05) is 45.9 Å². The highest BCUT2D eigenvalue weighted by molar-refractivity contribution is 5.80. The predicted molar refractivity (Wildman–Crippen MR) is 83.3 cm³/mol. The number of nitrogens with zero attached hydrogens (tertiary/aromatic N) is 2. The van der Waals surface area contributed by atoms with Crippen molar-refractivity contribution in [1.29, 1.82) is 0 Å². The summed E-state index contributed by atoms with van der Waals surface area (Å²) in [6, 6.07) is 3.85. The largest absolute Gasteiger partial charge is 0.383 e. The summed E-state index contributed by atoms with van der Waals surface area (Å²) in [7, 11) is 3.35. The van der Waals surface area contributed by atoms with Crippen molar-refractivity contribution in [3.05, 3.63) is 29.8 Å². The van der Waals surface area contributed by atoms with Gasteiger partial charge in [0.15, 0.2) is 5.96 Å². The SMILES string of the molecule is CN=C(NCCOC)NC1CCN(c2ccc(F)cc2F)C1. The summed E-state index contributed by atoms with van der Waals surface area (Å²) < 4.78 is 31.8. The van der Waals surface area contributed by atoms with Gasteiger partial charge in [0.1, 0.15) is 11.6 Å². The average molecular weight is 312 g/mol. The number of guanidine groups is 1. The Hall–Kier alpha value is -1.89. The Morgan fingerprint density at radius 1 is 1.45 bits per heavy atom. The first kappa shape index (κ1) is 16.5. The minimum atomic E-state index is -0.558. The molecule has 0 spiro atoms. The van der Waals surface area contributed by atoms with Crippen LogP contribution in [0.15, 0.2) is 23.2 Å². The van der Waals surface area contributed by atoms with E-state index < -0.39 is 11.6 Å². The maximum absolute atomic E-state index is 13.8. The molecular formula is C15H22F2N4O. The molecule has 1 aliphatic rings. The highest BCUT2D eigenvalue weighted by atomic mass is 19.1. The van der Waals surface area contributed by atoms with Gasteiger partial charge >= 0.3 is 0 Å². The van der Waals surface area contributed by atoms with Gasteiger partial charge in [0.05, 0.1) is 12.3 Å². The first-order valence-corrected chi connectivity index (χ1v) is 7.30. The Balaban J connectivity index is 1.89. The van der Waals surface area contributed by atoms with E-state index >= 15 is 0 Å². The van der Waals surface area contributed by atoms with Crippen molar-refractivity contribution >= 4 is 11.6 Å². The minimum Gasteiger partial charge on any atom is -0.383 e. The molecule has 0 aromatic heterocycles. The van der Waals surface area contributed by atoms with Crippen LogP contribution in [0.1, 0.15) is 6.42 Å². The highest BCUT2D eigenvalue weighted by Gasteiger charge is 2.25. The van der Waals surface area contributed by atoms with E-state index in [-0.39, 0.29) is 6.04 Å². The van der Waals surface area contributed by atoms with Crippen molar-refractivity contribution < 1.29 is 13.5 Å². The van der Waals surface area contributed by atoms with Crippen LogP contribution in [0.5, 0.6) is 0 Å². The van der Waals surface area contributed by atoms with Crippen molar-refractivity contribution in [3.8, 4) is 0 Å². The second-order valence-electron chi connectivity index (χ2n) is 5.16. The van der Waals surface area contributed by atoms with Crippen LogP contribution in [0.25, 0.3) is 0 Å². The summed E-state index contributed by atoms with van der Waals surface area (Å²) >= 11 is 0. The van der Waals surface area contributed by atoms with Gasteiger partial charge < -0.3 is 20.3 Å². The lowest BCUT2D eigenvalue weighted by Crippen LogP contribution is -2.45. The van der Waals surface area contributed by atoms with Crippen LogP contribution in [0, 0.1) is 11.6 Å². The molecule has 2 N–H and O–H groups in total. The van der Waals surface area contributed by atoms with E-state index in [9.17, 15) is 8.78 Å². The van der Waals surface area contributed by atoms with E-state index in [0.717, 1.165) is 19.0 Å². The molecule has 1 unspecified atom stereocenters. The van der Waals surface area contributed by atoms with Crippen molar-refractivity contribution in [2.75, 3.05) is 45.3 Å². The zero-order valence-corrected chi connectivity index (χ0v) is 12.9. The first-order valence-electron chi connectivity index (χ1n) is 7.30. The number of hydrogen-bond donors (Lipinski definition) is 2. The fourth-order valence-electron chi connectivity index (χ4n) is 2.49. The molecule has 7 heteroatoms. The molecule has 1 aromatic carbocycles. The fraction of sp³-hybridized carbons (Fsp3) is 0.533. The summed E-state index contributed by atoms with van der Waals surface area (Å²) in [6.45, 7) is 2.63. The summed E-state index contributed by atoms with van der Waals surface area (Å²) in [5.74, 6) is -0.385. The number of anilines is 1. The van der Waals surface area contributed by atoms with Gasteiger partial charge in [-0.15, -0.1) is 0 Å². The third-order valence-corrected chi connectivity index (χ3v) is 3.60. The molecule has 1 heterocycles. The van der Waals surface area contributed by atoms with Crippen LogP contribution < -0.4 is 15.5 Å². The maximum atomic E-state index is 13.8. The average Bonchev–Trinajstić information content (AvgIpc) is 2.94. The molecule has 0 amide bonds. The van der Waals surface area contributed by atoms with Gasteiger partial charge in [-0.2, -0.15) is 0 Å². The molecule has 0 radical (unpaired) electrons. The quantitative estimate of drug-likeness (QED) is 0.490. The van der Waals surface area contributed by atoms with Crippen LogP contribution in [0.2, 0.25) is 0 Å². The van der Waals surface area contributed by atoms with Gasteiger partial charge in [-0.25, -0.2) is 8.78 Å². The number of aliphatic imine (C=N–C) groups is 1. The van der Waals surface area contributed by atoms with Crippen LogP contribution in [-0.4, -0.2) is 52.4 Å². The van der Waals surface area contributed by atoms with Gasteiger partial charge in [-0.3, -0.25) is 4.99 Å². The summed E-state index contributed by atoms with van der Waals surface area (Å²) in [6.07, 6.45) is 0.863. The zero-order chi connectivity index (χ0) is 15.9. The van der Waals surface area contributed by atoms with Crippen LogP contribution in [-0.2, 0) is 4.74 Å². The fourth-order valence-corrected chi connectivity index (χ4v) is 2.49. The van der Waals surface area contributed by atoms with Crippen molar-refractivity contribution in [1.82, 2.24) is 10.6 Å². The van der Waals surface area contributed by atoms with E-state index in [1.807, 2.05) is 4.90 Å². The van der Waals surface area contributed by atoms with E-state index in [1.54, 1.807) is 14.2 Å². The molecule has 1 fully saturated rings. The van der Waals surface area contributed by atoms with E-state index in [0.29, 0.717) is 31.3 Å². The molecule has 22 heavy (non-hydrogen) atoms. The van der Waals surface area contributed by atoms with Gasteiger partial charge in [0.2, 0.25) is 0 Å². The number of hydrogen-bond acceptors (Lipinski definition) is 3. The van der Waals surface area contributed by atoms with E-state index in [4.69, 9.17) is 4.74 Å². The first-order chi connectivity index (χ1) is 10.6. The van der Waals surface area contributed by atoms with Crippen molar-refractivity contribution in [2.45, 2.75) is 12.5 Å². The van der Waals surface area contributed by atoms with Gasteiger partial charge in [0.25, 0.3) is 0 Å². The third kappa shape index (κ3) is 4.30. The number of nitrogens with one attached hydrogen (secondary N) is 2. The lowest BCUT2D eigenvalue weighted by molar-refractivity contribution is 0.203. The smallest absolute Gasteiger partial charge is 0.191 e. The predicted octanol–water partition coefficient (Wildman–Crippen LogP) is 1.35. The third-order valence-electron chi connectivity index (χ3n) is 3.60. The van der Waals surface area contributed by atoms with E-state index in [1.165, 1.54) is 12.1 Å². The molecule has 122 valence electrons. The lowest BCUT2D eigenvalue weighted by atomic mass is 10.2. The summed E-state index contributed by atoms with van der Waals surface area (Å²) in [5.41, 5.74) is 0.438. The second-order valence-corrected chi connectivity index (χ2v) is 5.16. The molecule has 2 rings (SSSR count). The number of halogens is 2. The van der Waals surface area contributed by atoms with Crippen molar-refractivity contribution in [3.63, 3.8) is 0 Å². The number of rotatable bonds is 5. The molecule has 5 nitrogen and oxygen atoms in total. The summed E-state index contributed by atoms with van der Waals surface area (Å²) in [4.78, 5) is 6.06. The molecule has 1 aromatic rings. The highest BCUT2D eigenvalue weighted by Crippen LogP contribution is 2.24. The molecule has 1 atom stereocenters. The van der Waals surface area contributed by atoms with Crippen LogP contribution >= 0.6 is 0 Å². The Morgan fingerprint density at radius 2 is 2.27 bits per heavy atom. The van der Waals surface area contributed by atoms with Gasteiger partial charge in [-0.05, 0) is 18.6 Å². The Bertz CT molecular complexity index is 524. The normalized spacial score (nSPS) is 18.6. The van der Waals surface area contributed by atoms with Crippen molar-refractivity contribution in [2.24, 2.45) is 4.99 Å². The zero-order valence-electron chi connectivity index (χ0n) is 12.9. The number of ether oxygens (including phenoxy) is 1. The molecule has 1 saturated heterocycles. The lowest BCUT2D eigenvalue weighted by Gasteiger charge is -2.20. The molecule has 0 bridgehead atoms. The van der Waals surface area contributed by atoms with Gasteiger partial charge in [-0.1, -0.05) is 0 Å². The number of methoxy groups -OCH3 is 1. The molecular weight excluding hydrogens is 290 g/mol. The van der Waals surface area contributed by atoms with Crippen LogP contribution in [0.3, 0.4) is 0 Å². The second kappa shape index (κ2) is 7.93. The monoisotopic (exact) mass is 312 g/mol. The number of benzene rings is 1. The minimum absolute atomic E-state index is 0.165. The summed E-state index contributed by atoms with van der Waals surface area (Å²) in [5, 5.41) is 6.44. The van der Waals surface area contributed by atoms with E-state index in [2.05, 4.69) is 15.6 Å². The Kier molecular flexibility index (Phi) is 5.94. The maximum Gasteiger partial charge on any atom is 0.191 e. The topological polar surface area (TPSA) is 48.9 Å². The Labute approximate surface area is 129 Å². The molecule has 1 aliphatic heterocycles. The standard InChI is InChI=1S/C15H22F2N4O/c1-18-15(19-6-8-22-2)20-12-5-7-21(10-12)14-4-3-11(16)9-13(14)17/h3-4,9,12H,5-8,10H2,1-2H3,(H2,18,19,20).